The van der Waals surface area contributed by atoms with Crippen LogP contribution in [0, 0.1) is 5.41 Å². The molecule has 0 bridgehead atoms. The lowest BCUT2D eigenvalue weighted by molar-refractivity contribution is 0.0343. The van der Waals surface area contributed by atoms with Gasteiger partial charge >= 0.3 is 0 Å². The van der Waals surface area contributed by atoms with Crippen molar-refractivity contribution < 1.29 is 4.74 Å². The fourth-order valence-corrected chi connectivity index (χ4v) is 2.43. The van der Waals surface area contributed by atoms with E-state index < -0.39 is 0 Å². The van der Waals surface area contributed by atoms with Crippen LogP contribution in [0.15, 0.2) is 18.7 Å². The average molecular weight is 228 g/mol. The topological polar surface area (TPSA) is 45.1 Å². The average Bonchev–Trinajstić information content (AvgIpc) is 3.02. The molecule has 3 nitrogen and oxygen atoms in total. The molecular weight excluding hydrogens is 212 g/mol. The molecule has 3 heteroatoms. The van der Waals surface area contributed by atoms with E-state index in [9.17, 15) is 0 Å². The van der Waals surface area contributed by atoms with Crippen molar-refractivity contribution in [1.82, 2.24) is 0 Å². The molecule has 1 fully saturated rings. The van der Waals surface area contributed by atoms with Crippen molar-refractivity contribution in [2.24, 2.45) is 0 Å². The molecule has 1 aromatic carbocycles. The van der Waals surface area contributed by atoms with Gasteiger partial charge < -0.3 is 15.5 Å². The van der Waals surface area contributed by atoms with Crippen LogP contribution in [0.4, 0.5) is 5.69 Å². The number of hydrogen-bond acceptors (Lipinski definition) is 3. The van der Waals surface area contributed by atoms with Crippen LogP contribution >= 0.6 is 0 Å². The first-order valence-electron chi connectivity index (χ1n) is 6.06. The summed E-state index contributed by atoms with van der Waals surface area (Å²) >= 11 is 0. The quantitative estimate of drug-likeness (QED) is 0.793. The Hall–Kier alpha value is -1.61. The van der Waals surface area contributed by atoms with Crippen LogP contribution in [0.3, 0.4) is 0 Å². The van der Waals surface area contributed by atoms with Gasteiger partial charge in [0, 0.05) is 29.6 Å². The molecule has 0 saturated carbocycles. The van der Waals surface area contributed by atoms with Crippen LogP contribution in [0.5, 0.6) is 0 Å². The Morgan fingerprint density at radius 1 is 1.41 bits per heavy atom. The molecule has 3 rings (SSSR count). The fraction of sp³-hybridized carbons (Fsp3) is 0.357. The highest BCUT2D eigenvalue weighted by atomic mass is 16.5. The lowest BCUT2D eigenvalue weighted by Gasteiger charge is -2.25. The first-order valence-corrected chi connectivity index (χ1v) is 6.06. The summed E-state index contributed by atoms with van der Waals surface area (Å²) in [6.07, 6.45) is 4.89. The molecule has 1 atom stereocenters. The Labute approximate surface area is 101 Å². The van der Waals surface area contributed by atoms with E-state index in [0.29, 0.717) is 0 Å². The zero-order valence-corrected chi connectivity index (χ0v) is 9.75. The molecule has 1 unspecified atom stereocenters. The van der Waals surface area contributed by atoms with Gasteiger partial charge in [0.1, 0.15) is 6.23 Å². The molecule has 2 N–H and O–H groups in total. The van der Waals surface area contributed by atoms with Gasteiger partial charge in [0.15, 0.2) is 0 Å². The number of fused-ring (bicyclic) bond motifs is 1. The molecule has 1 aliphatic carbocycles. The van der Waals surface area contributed by atoms with Gasteiger partial charge in [-0.2, -0.15) is 0 Å². The molecular formula is C14H16N2O. The second-order valence-electron chi connectivity index (χ2n) is 4.57. The summed E-state index contributed by atoms with van der Waals surface area (Å²) < 4.78 is 5.66. The van der Waals surface area contributed by atoms with Crippen molar-refractivity contribution in [2.45, 2.75) is 25.5 Å². The van der Waals surface area contributed by atoms with E-state index in [1.54, 1.807) is 0 Å². The highest BCUT2D eigenvalue weighted by Gasteiger charge is 2.28. The molecule has 0 radical (unpaired) electrons. The molecule has 0 spiro atoms. The number of ether oxygens (including phenoxy) is 1. The fourth-order valence-electron chi connectivity index (χ4n) is 2.43. The Bertz CT molecular complexity index is 487. The summed E-state index contributed by atoms with van der Waals surface area (Å²) in [5.74, 6) is 0. The van der Waals surface area contributed by atoms with Crippen molar-refractivity contribution in [3.05, 3.63) is 35.4 Å². The third kappa shape index (κ3) is 1.76. The van der Waals surface area contributed by atoms with Crippen molar-refractivity contribution in [2.75, 3.05) is 11.9 Å². The standard InChI is InChI=1S/C14H16N2O/c1-9-10-5-6-12(11(8-15)14(9)10)16-13-4-2-3-7-17-13/h5-6,8,13,15-16H,1-4,7H2. The van der Waals surface area contributed by atoms with Gasteiger partial charge in [-0.05, 0) is 36.5 Å². The molecule has 88 valence electrons. The van der Waals surface area contributed by atoms with E-state index in [-0.39, 0.29) is 6.23 Å². The molecule has 1 aromatic rings. The van der Waals surface area contributed by atoms with E-state index in [1.165, 1.54) is 18.2 Å². The number of nitrogens with one attached hydrogen (secondary N) is 2. The largest absolute Gasteiger partial charge is 0.360 e. The Kier molecular flexibility index (Phi) is 2.48. The van der Waals surface area contributed by atoms with Crippen molar-refractivity contribution in [1.29, 1.82) is 5.41 Å². The van der Waals surface area contributed by atoms with Gasteiger partial charge in [-0.15, -0.1) is 0 Å². The van der Waals surface area contributed by atoms with Gasteiger partial charge in [0.25, 0.3) is 0 Å². The number of hydrogen-bond donors (Lipinski definition) is 2. The molecule has 2 aliphatic rings. The van der Waals surface area contributed by atoms with E-state index >= 15 is 0 Å². The summed E-state index contributed by atoms with van der Waals surface area (Å²) in [4.78, 5) is 0. The van der Waals surface area contributed by atoms with E-state index in [4.69, 9.17) is 10.1 Å². The smallest absolute Gasteiger partial charge is 0.127 e. The number of benzene rings is 1. The monoisotopic (exact) mass is 228 g/mol. The van der Waals surface area contributed by atoms with Crippen LogP contribution in [0.25, 0.3) is 5.57 Å². The molecule has 17 heavy (non-hydrogen) atoms. The minimum absolute atomic E-state index is 0.0903. The molecule has 0 amide bonds. The third-order valence-electron chi connectivity index (χ3n) is 3.45. The summed E-state index contributed by atoms with van der Waals surface area (Å²) in [7, 11) is 0. The second-order valence-corrected chi connectivity index (χ2v) is 4.57. The predicted octanol–water partition coefficient (Wildman–Crippen LogP) is 3.00. The van der Waals surface area contributed by atoms with Gasteiger partial charge in [-0.3, -0.25) is 0 Å². The van der Waals surface area contributed by atoms with E-state index in [0.717, 1.165) is 41.8 Å². The first-order chi connectivity index (χ1) is 8.31. The zero-order valence-electron chi connectivity index (χ0n) is 9.75. The normalized spacial score (nSPS) is 21.9. The molecule has 1 aliphatic heterocycles. The number of anilines is 1. The molecule has 1 heterocycles. The van der Waals surface area contributed by atoms with E-state index in [2.05, 4.69) is 18.0 Å². The maximum Gasteiger partial charge on any atom is 0.127 e. The lowest BCUT2D eigenvalue weighted by atomic mass is 10.1. The van der Waals surface area contributed by atoms with Crippen molar-refractivity contribution >= 4 is 17.5 Å². The summed E-state index contributed by atoms with van der Waals surface area (Å²) in [6, 6.07) is 4.09. The highest BCUT2D eigenvalue weighted by molar-refractivity contribution is 6.09. The SMILES string of the molecule is C=C1c2ccc(NC3CCCCO3)c(C=N)c21. The van der Waals surface area contributed by atoms with Crippen LogP contribution in [0.2, 0.25) is 0 Å². The van der Waals surface area contributed by atoms with Gasteiger partial charge in [0.05, 0.1) is 0 Å². The van der Waals surface area contributed by atoms with Crippen LogP contribution in [0.1, 0.15) is 36.0 Å². The highest BCUT2D eigenvalue weighted by Crippen LogP contribution is 2.45. The van der Waals surface area contributed by atoms with E-state index in [1.807, 2.05) is 6.07 Å². The predicted molar refractivity (Wildman–Crippen MR) is 69.7 cm³/mol. The summed E-state index contributed by atoms with van der Waals surface area (Å²) in [6.45, 7) is 4.80. The zero-order chi connectivity index (χ0) is 11.8. The van der Waals surface area contributed by atoms with Gasteiger partial charge in [-0.1, -0.05) is 12.6 Å². The van der Waals surface area contributed by atoms with Crippen LogP contribution < -0.4 is 5.32 Å². The van der Waals surface area contributed by atoms with Gasteiger partial charge in [0.2, 0.25) is 0 Å². The summed E-state index contributed by atoms with van der Waals surface area (Å²) in [5.41, 5.74) is 5.34. The minimum Gasteiger partial charge on any atom is -0.360 e. The molecule has 1 saturated heterocycles. The molecule has 0 aromatic heterocycles. The first kappa shape index (κ1) is 10.5. The maximum atomic E-state index is 7.52. The number of rotatable bonds is 3. The van der Waals surface area contributed by atoms with Crippen molar-refractivity contribution in [3.63, 3.8) is 0 Å². The Morgan fingerprint density at radius 2 is 2.29 bits per heavy atom. The summed E-state index contributed by atoms with van der Waals surface area (Å²) in [5, 5.41) is 10.9. The maximum absolute atomic E-state index is 7.52. The Balaban J connectivity index is 1.84. The lowest BCUT2D eigenvalue weighted by Crippen LogP contribution is -2.27. The second kappa shape index (κ2) is 4.00. The van der Waals surface area contributed by atoms with Crippen LogP contribution in [-0.2, 0) is 4.74 Å². The van der Waals surface area contributed by atoms with Crippen molar-refractivity contribution in [3.8, 4) is 0 Å². The minimum atomic E-state index is 0.0903. The van der Waals surface area contributed by atoms with Gasteiger partial charge in [-0.25, -0.2) is 0 Å². The third-order valence-corrected chi connectivity index (χ3v) is 3.45. The Morgan fingerprint density at radius 3 is 3.00 bits per heavy atom. The van der Waals surface area contributed by atoms with Crippen LogP contribution in [-0.4, -0.2) is 19.0 Å².